The molecular weight excluding hydrogens is 366 g/mol. The number of benzene rings is 1. The zero-order valence-corrected chi connectivity index (χ0v) is 17.0. The average molecular weight is 398 g/mol. The second-order valence-corrected chi connectivity index (χ2v) is 8.97. The maximum atomic E-state index is 13.3. The van der Waals surface area contributed by atoms with Crippen LogP contribution in [0.15, 0.2) is 24.3 Å². The smallest absolute Gasteiger partial charge is 0.250 e. The van der Waals surface area contributed by atoms with E-state index < -0.39 is 5.54 Å². The number of nitrogens with zero attached hydrogens (tertiary/aromatic N) is 1. The number of hydrogen-bond acceptors (Lipinski definition) is 4. The summed E-state index contributed by atoms with van der Waals surface area (Å²) in [5, 5.41) is 6.17. The molecule has 3 heterocycles. The highest BCUT2D eigenvalue weighted by molar-refractivity contribution is 6.09. The first-order valence-electron chi connectivity index (χ1n) is 11.3. The first kappa shape index (κ1) is 19.1. The molecular formula is C23H31N3O3. The second-order valence-electron chi connectivity index (χ2n) is 8.97. The van der Waals surface area contributed by atoms with Crippen LogP contribution in [-0.2, 0) is 19.9 Å². The van der Waals surface area contributed by atoms with Gasteiger partial charge in [0.1, 0.15) is 5.54 Å². The Bertz CT molecular complexity index is 791. The Labute approximate surface area is 172 Å². The molecule has 3 fully saturated rings. The number of anilines is 1. The number of rotatable bonds is 6. The van der Waals surface area contributed by atoms with Gasteiger partial charge in [0.15, 0.2) is 0 Å². The van der Waals surface area contributed by atoms with Crippen LogP contribution < -0.4 is 10.6 Å². The highest BCUT2D eigenvalue weighted by Gasteiger charge is 2.65. The number of carbonyl (C=O) groups excluding carboxylic acids is 2. The van der Waals surface area contributed by atoms with E-state index in [1.165, 1.54) is 25.7 Å². The number of para-hydroxylation sites is 1. The van der Waals surface area contributed by atoms with Crippen LogP contribution >= 0.6 is 0 Å². The van der Waals surface area contributed by atoms with Crippen LogP contribution in [0.3, 0.4) is 0 Å². The van der Waals surface area contributed by atoms with Crippen molar-refractivity contribution in [2.24, 2.45) is 5.92 Å². The maximum absolute atomic E-state index is 13.3. The number of ether oxygens (including phenoxy) is 1. The molecule has 156 valence electrons. The van der Waals surface area contributed by atoms with E-state index in [9.17, 15) is 9.59 Å². The number of fused-ring (bicyclic) bond motifs is 4. The van der Waals surface area contributed by atoms with Gasteiger partial charge in [-0.3, -0.25) is 14.5 Å². The molecule has 2 saturated heterocycles. The molecule has 29 heavy (non-hydrogen) atoms. The first-order chi connectivity index (χ1) is 14.2. The first-order valence-corrected chi connectivity index (χ1v) is 11.3. The summed E-state index contributed by atoms with van der Waals surface area (Å²) in [6, 6.07) is 8.19. The monoisotopic (exact) mass is 397 g/mol. The van der Waals surface area contributed by atoms with Crippen LogP contribution in [0.4, 0.5) is 5.69 Å². The molecule has 1 spiro atoms. The molecule has 4 aliphatic rings. The minimum absolute atomic E-state index is 0.00659. The Hall–Kier alpha value is -1.92. The number of hydrogen-bond donors (Lipinski definition) is 2. The fourth-order valence-corrected chi connectivity index (χ4v) is 6.09. The van der Waals surface area contributed by atoms with E-state index in [-0.39, 0.29) is 17.7 Å². The zero-order chi connectivity index (χ0) is 19.8. The van der Waals surface area contributed by atoms with Crippen LogP contribution in [0.5, 0.6) is 0 Å². The molecule has 5 rings (SSSR count). The van der Waals surface area contributed by atoms with Gasteiger partial charge in [-0.25, -0.2) is 0 Å². The van der Waals surface area contributed by atoms with E-state index in [1.807, 2.05) is 24.3 Å². The summed E-state index contributed by atoms with van der Waals surface area (Å²) in [5.41, 5.74) is 0.981. The minimum Gasteiger partial charge on any atom is -0.378 e. The van der Waals surface area contributed by atoms with Crippen molar-refractivity contribution in [2.75, 3.05) is 25.0 Å². The van der Waals surface area contributed by atoms with E-state index in [2.05, 4.69) is 15.5 Å². The Balaban J connectivity index is 1.28. The fraction of sp³-hybridized carbons (Fsp3) is 0.652. The van der Waals surface area contributed by atoms with Gasteiger partial charge in [0, 0.05) is 30.4 Å². The number of amides is 2. The topological polar surface area (TPSA) is 70.7 Å². The van der Waals surface area contributed by atoms with Gasteiger partial charge in [0.25, 0.3) is 0 Å². The zero-order valence-electron chi connectivity index (χ0n) is 17.0. The Morgan fingerprint density at radius 2 is 2.03 bits per heavy atom. The number of nitrogens with one attached hydrogen (secondary N) is 2. The van der Waals surface area contributed by atoms with Crippen molar-refractivity contribution in [3.05, 3.63) is 29.8 Å². The Morgan fingerprint density at radius 1 is 1.21 bits per heavy atom. The van der Waals surface area contributed by atoms with E-state index in [0.717, 1.165) is 43.5 Å². The third kappa shape index (κ3) is 3.08. The summed E-state index contributed by atoms with van der Waals surface area (Å²) >= 11 is 0. The standard InChI is InChI=1S/C23H31N3O3/c27-21(24-12-6-14-29-17-8-1-2-9-17)19-15-16-7-5-13-26(16)23(19)18-10-3-4-11-20(18)25-22(23)28/h3-4,10-11,16-17,19H,1-2,5-9,12-15H2,(H,24,27)(H,25,28)/t16-,19-,23+/m1/s1. The van der Waals surface area contributed by atoms with E-state index in [0.29, 0.717) is 25.3 Å². The van der Waals surface area contributed by atoms with Crippen molar-refractivity contribution in [1.29, 1.82) is 0 Å². The van der Waals surface area contributed by atoms with Crippen LogP contribution in [0, 0.1) is 5.92 Å². The lowest BCUT2D eigenvalue weighted by Gasteiger charge is -2.36. The predicted molar refractivity (Wildman–Crippen MR) is 110 cm³/mol. The minimum atomic E-state index is -0.845. The maximum Gasteiger partial charge on any atom is 0.250 e. The largest absolute Gasteiger partial charge is 0.378 e. The van der Waals surface area contributed by atoms with Gasteiger partial charge >= 0.3 is 0 Å². The third-order valence-corrected chi connectivity index (χ3v) is 7.37. The van der Waals surface area contributed by atoms with Gasteiger partial charge in [-0.15, -0.1) is 0 Å². The predicted octanol–water partition coefficient (Wildman–Crippen LogP) is 2.78. The molecule has 3 aliphatic heterocycles. The van der Waals surface area contributed by atoms with Gasteiger partial charge in [-0.05, 0) is 51.1 Å². The van der Waals surface area contributed by atoms with Gasteiger partial charge in [0.2, 0.25) is 11.8 Å². The molecule has 1 aromatic carbocycles. The lowest BCUT2D eigenvalue weighted by molar-refractivity contribution is -0.137. The normalized spacial score (nSPS) is 31.2. The van der Waals surface area contributed by atoms with Crippen LogP contribution in [-0.4, -0.2) is 48.6 Å². The van der Waals surface area contributed by atoms with Crippen molar-refractivity contribution < 1.29 is 14.3 Å². The van der Waals surface area contributed by atoms with Crippen molar-refractivity contribution in [3.63, 3.8) is 0 Å². The molecule has 6 heteroatoms. The molecule has 2 N–H and O–H groups in total. The molecule has 1 aromatic rings. The summed E-state index contributed by atoms with van der Waals surface area (Å²) in [6.45, 7) is 2.18. The fourth-order valence-electron chi connectivity index (χ4n) is 6.09. The molecule has 0 radical (unpaired) electrons. The van der Waals surface area contributed by atoms with Crippen LogP contribution in [0.2, 0.25) is 0 Å². The molecule has 2 amide bonds. The lowest BCUT2D eigenvalue weighted by Crippen LogP contribution is -2.54. The summed E-state index contributed by atoms with van der Waals surface area (Å²) in [6.07, 6.45) is 9.02. The second kappa shape index (κ2) is 7.73. The van der Waals surface area contributed by atoms with Crippen molar-refractivity contribution in [1.82, 2.24) is 10.2 Å². The van der Waals surface area contributed by atoms with E-state index in [4.69, 9.17) is 4.74 Å². The quantitative estimate of drug-likeness (QED) is 0.724. The summed E-state index contributed by atoms with van der Waals surface area (Å²) in [5.74, 6) is -0.368. The number of carbonyl (C=O) groups is 2. The van der Waals surface area contributed by atoms with Crippen LogP contribution in [0.1, 0.15) is 56.9 Å². The molecule has 3 atom stereocenters. The molecule has 0 bridgehead atoms. The SMILES string of the molecule is O=C(NCCCOC1CCCC1)[C@H]1C[C@H]2CCCN2[C@]12C(=O)Nc1ccccc12. The summed E-state index contributed by atoms with van der Waals surface area (Å²) in [7, 11) is 0. The summed E-state index contributed by atoms with van der Waals surface area (Å²) in [4.78, 5) is 28.8. The lowest BCUT2D eigenvalue weighted by atomic mass is 9.78. The Morgan fingerprint density at radius 3 is 2.90 bits per heavy atom. The molecule has 0 aromatic heterocycles. The molecule has 1 saturated carbocycles. The Kier molecular flexibility index (Phi) is 5.08. The van der Waals surface area contributed by atoms with Crippen LogP contribution in [0.25, 0.3) is 0 Å². The highest BCUT2D eigenvalue weighted by Crippen LogP contribution is 2.55. The van der Waals surface area contributed by atoms with Crippen molar-refractivity contribution >= 4 is 17.5 Å². The highest BCUT2D eigenvalue weighted by atomic mass is 16.5. The average Bonchev–Trinajstić information content (AvgIpc) is 3.48. The van der Waals surface area contributed by atoms with E-state index in [1.54, 1.807) is 0 Å². The molecule has 0 unspecified atom stereocenters. The van der Waals surface area contributed by atoms with E-state index >= 15 is 0 Å². The molecule has 1 aliphatic carbocycles. The van der Waals surface area contributed by atoms with Gasteiger partial charge in [0.05, 0.1) is 12.0 Å². The van der Waals surface area contributed by atoms with Gasteiger partial charge in [-0.1, -0.05) is 31.0 Å². The molecule has 6 nitrogen and oxygen atoms in total. The van der Waals surface area contributed by atoms with Crippen molar-refractivity contribution in [3.8, 4) is 0 Å². The van der Waals surface area contributed by atoms with Crippen molar-refractivity contribution in [2.45, 2.75) is 69.1 Å². The van der Waals surface area contributed by atoms with Gasteiger partial charge < -0.3 is 15.4 Å². The summed E-state index contributed by atoms with van der Waals surface area (Å²) < 4.78 is 5.90. The third-order valence-electron chi connectivity index (χ3n) is 7.37. The van der Waals surface area contributed by atoms with Gasteiger partial charge in [-0.2, -0.15) is 0 Å².